The van der Waals surface area contributed by atoms with Crippen LogP contribution in [-0.2, 0) is 0 Å². The van der Waals surface area contributed by atoms with Gasteiger partial charge in [-0.3, -0.25) is 0 Å². The van der Waals surface area contributed by atoms with Crippen molar-refractivity contribution in [2.24, 2.45) is 11.8 Å². The zero-order chi connectivity index (χ0) is 11.7. The van der Waals surface area contributed by atoms with Crippen LogP contribution in [0.4, 0.5) is 0 Å². The highest BCUT2D eigenvalue weighted by atomic mass is 14.9. The van der Waals surface area contributed by atoms with Crippen LogP contribution in [0.5, 0.6) is 0 Å². The molecule has 0 bridgehead atoms. The van der Waals surface area contributed by atoms with E-state index in [1.54, 1.807) is 0 Å². The van der Waals surface area contributed by atoms with Gasteiger partial charge >= 0.3 is 0 Å². The van der Waals surface area contributed by atoms with E-state index < -0.39 is 0 Å². The first-order valence-electron chi connectivity index (χ1n) is 6.83. The van der Waals surface area contributed by atoms with Crippen molar-refractivity contribution in [3.05, 3.63) is 0 Å². The Bertz CT molecular complexity index is 133. The molecule has 1 nitrogen and oxygen atoms in total. The molecule has 0 aromatic carbocycles. The molecule has 1 N–H and O–H groups in total. The topological polar surface area (TPSA) is 12.0 Å². The van der Waals surface area contributed by atoms with Gasteiger partial charge in [0.05, 0.1) is 0 Å². The molecule has 3 atom stereocenters. The first-order valence-corrected chi connectivity index (χ1v) is 6.83. The van der Waals surface area contributed by atoms with Crippen LogP contribution in [0.15, 0.2) is 0 Å². The lowest BCUT2D eigenvalue weighted by Gasteiger charge is -2.19. The summed E-state index contributed by atoms with van der Waals surface area (Å²) in [4.78, 5) is 0. The fraction of sp³-hybridized carbons (Fsp3) is 1.00. The first-order chi connectivity index (χ1) is 7.10. The highest BCUT2D eigenvalue weighted by molar-refractivity contribution is 4.64. The second-order valence-electron chi connectivity index (χ2n) is 5.29. The van der Waals surface area contributed by atoms with Gasteiger partial charge in [0.1, 0.15) is 0 Å². The predicted octanol–water partition coefficient (Wildman–Crippen LogP) is 4.23. The number of rotatable bonds is 9. The fourth-order valence-corrected chi connectivity index (χ4v) is 2.00. The van der Waals surface area contributed by atoms with Gasteiger partial charge in [-0.05, 0) is 51.0 Å². The van der Waals surface area contributed by atoms with Gasteiger partial charge < -0.3 is 5.32 Å². The van der Waals surface area contributed by atoms with Crippen LogP contribution in [0.3, 0.4) is 0 Å². The summed E-state index contributed by atoms with van der Waals surface area (Å²) in [6.45, 7) is 12.8. The summed E-state index contributed by atoms with van der Waals surface area (Å²) >= 11 is 0. The van der Waals surface area contributed by atoms with Gasteiger partial charge in [0.25, 0.3) is 0 Å². The molecule has 0 aliphatic rings. The van der Waals surface area contributed by atoms with Gasteiger partial charge in [-0.25, -0.2) is 0 Å². The first kappa shape index (κ1) is 15.0. The molecule has 0 spiro atoms. The molecule has 0 amide bonds. The molecule has 0 saturated carbocycles. The Kier molecular flexibility index (Phi) is 9.18. The van der Waals surface area contributed by atoms with Crippen molar-refractivity contribution in [3.8, 4) is 0 Å². The molecule has 0 saturated heterocycles. The third-order valence-corrected chi connectivity index (χ3v) is 3.34. The van der Waals surface area contributed by atoms with Gasteiger partial charge in [0.15, 0.2) is 0 Å². The summed E-state index contributed by atoms with van der Waals surface area (Å²) in [7, 11) is 0. The van der Waals surface area contributed by atoms with E-state index in [9.17, 15) is 0 Å². The molecule has 0 radical (unpaired) electrons. The van der Waals surface area contributed by atoms with Gasteiger partial charge in [-0.1, -0.05) is 34.1 Å². The molecule has 0 heterocycles. The Morgan fingerprint density at radius 2 is 1.60 bits per heavy atom. The maximum absolute atomic E-state index is 3.55. The molecule has 3 unspecified atom stereocenters. The van der Waals surface area contributed by atoms with Gasteiger partial charge in [-0.2, -0.15) is 0 Å². The number of nitrogens with one attached hydrogen (secondary N) is 1. The van der Waals surface area contributed by atoms with E-state index in [4.69, 9.17) is 0 Å². The van der Waals surface area contributed by atoms with Crippen molar-refractivity contribution >= 4 is 0 Å². The lowest BCUT2D eigenvalue weighted by atomic mass is 9.91. The summed E-state index contributed by atoms with van der Waals surface area (Å²) in [6.07, 6.45) is 6.68. The minimum Gasteiger partial charge on any atom is -0.314 e. The Morgan fingerprint density at radius 3 is 2.13 bits per heavy atom. The summed E-state index contributed by atoms with van der Waals surface area (Å²) in [6, 6.07) is 0.698. The van der Waals surface area contributed by atoms with E-state index in [0.717, 1.165) is 11.8 Å². The molecule has 15 heavy (non-hydrogen) atoms. The van der Waals surface area contributed by atoms with Gasteiger partial charge in [0.2, 0.25) is 0 Å². The van der Waals surface area contributed by atoms with Crippen LogP contribution >= 0.6 is 0 Å². The molecular formula is C14H31N. The van der Waals surface area contributed by atoms with Crippen LogP contribution in [-0.4, -0.2) is 12.6 Å². The van der Waals surface area contributed by atoms with Crippen molar-refractivity contribution in [3.63, 3.8) is 0 Å². The van der Waals surface area contributed by atoms with Crippen molar-refractivity contribution in [1.29, 1.82) is 0 Å². The summed E-state index contributed by atoms with van der Waals surface area (Å²) in [5.74, 6) is 1.80. The average Bonchev–Trinajstić information content (AvgIpc) is 2.23. The second-order valence-corrected chi connectivity index (χ2v) is 5.29. The fourth-order valence-electron chi connectivity index (χ4n) is 2.00. The molecule has 1 heteroatoms. The lowest BCUT2D eigenvalue weighted by Crippen LogP contribution is -2.27. The van der Waals surface area contributed by atoms with E-state index in [1.807, 2.05) is 0 Å². The molecule has 92 valence electrons. The Morgan fingerprint density at radius 1 is 0.933 bits per heavy atom. The summed E-state index contributed by atoms with van der Waals surface area (Å²) in [5.41, 5.74) is 0. The largest absolute Gasteiger partial charge is 0.314 e. The van der Waals surface area contributed by atoms with E-state index in [1.165, 1.54) is 38.6 Å². The van der Waals surface area contributed by atoms with Crippen molar-refractivity contribution in [2.75, 3.05) is 6.54 Å². The molecule has 0 aromatic rings. The molecule has 0 aromatic heterocycles. The summed E-state index contributed by atoms with van der Waals surface area (Å²) < 4.78 is 0. The third-order valence-electron chi connectivity index (χ3n) is 3.34. The van der Waals surface area contributed by atoms with Crippen LogP contribution in [0, 0.1) is 11.8 Å². The average molecular weight is 213 g/mol. The quantitative estimate of drug-likeness (QED) is 0.604. The van der Waals surface area contributed by atoms with Crippen LogP contribution in [0.2, 0.25) is 0 Å². The number of hydrogen-bond acceptors (Lipinski definition) is 1. The van der Waals surface area contributed by atoms with Crippen molar-refractivity contribution in [1.82, 2.24) is 5.32 Å². The van der Waals surface area contributed by atoms with Crippen LogP contribution in [0.25, 0.3) is 0 Å². The monoisotopic (exact) mass is 213 g/mol. The molecule has 0 rings (SSSR count). The number of hydrogen-bond donors (Lipinski definition) is 1. The maximum Gasteiger partial charge on any atom is 0.00388 e. The minimum atomic E-state index is 0.698. The summed E-state index contributed by atoms with van der Waals surface area (Å²) in [5, 5.41) is 3.55. The third kappa shape index (κ3) is 8.92. The molecule has 0 aliphatic carbocycles. The predicted molar refractivity (Wildman–Crippen MR) is 70.2 cm³/mol. The SMILES string of the molecule is CCCNC(C)CCC(C)CC(C)CC. The molecule has 0 aliphatic heterocycles. The lowest BCUT2D eigenvalue weighted by molar-refractivity contribution is 0.359. The molecular weight excluding hydrogens is 182 g/mol. The normalized spacial score (nSPS) is 17.4. The Balaban J connectivity index is 3.47. The standard InChI is InChI=1S/C14H31N/c1-6-10-15-14(5)9-8-13(4)11-12(3)7-2/h12-15H,6-11H2,1-5H3. The van der Waals surface area contributed by atoms with E-state index in [-0.39, 0.29) is 0 Å². The highest BCUT2D eigenvalue weighted by Gasteiger charge is 2.09. The Hall–Kier alpha value is -0.0400. The van der Waals surface area contributed by atoms with Gasteiger partial charge in [-0.15, -0.1) is 0 Å². The van der Waals surface area contributed by atoms with Gasteiger partial charge in [0, 0.05) is 6.04 Å². The zero-order valence-electron chi connectivity index (χ0n) is 11.5. The van der Waals surface area contributed by atoms with Crippen molar-refractivity contribution in [2.45, 2.75) is 72.8 Å². The molecule has 0 fully saturated rings. The van der Waals surface area contributed by atoms with Crippen molar-refractivity contribution < 1.29 is 0 Å². The maximum atomic E-state index is 3.55. The second kappa shape index (κ2) is 9.21. The zero-order valence-corrected chi connectivity index (χ0v) is 11.5. The van der Waals surface area contributed by atoms with E-state index in [0.29, 0.717) is 6.04 Å². The minimum absolute atomic E-state index is 0.698. The highest BCUT2D eigenvalue weighted by Crippen LogP contribution is 2.19. The van der Waals surface area contributed by atoms with Crippen LogP contribution in [0.1, 0.15) is 66.7 Å². The smallest absolute Gasteiger partial charge is 0.00388 e. The Labute approximate surface area is 97.0 Å². The van der Waals surface area contributed by atoms with E-state index in [2.05, 4.69) is 39.9 Å². The van der Waals surface area contributed by atoms with Crippen LogP contribution < -0.4 is 5.32 Å². The van der Waals surface area contributed by atoms with E-state index >= 15 is 0 Å².